The summed E-state index contributed by atoms with van der Waals surface area (Å²) in [6.45, 7) is 3.38. The van der Waals surface area contributed by atoms with Crippen LogP contribution in [0.2, 0.25) is 0 Å². The molecule has 1 aromatic rings. The Morgan fingerprint density at radius 2 is 2.05 bits per heavy atom. The smallest absolute Gasteiger partial charge is 0.269 e. The molecule has 0 radical (unpaired) electrons. The van der Waals surface area contributed by atoms with Crippen molar-refractivity contribution in [2.75, 3.05) is 13.6 Å². The molecule has 4 N–H and O–H groups in total. The molecule has 1 unspecified atom stereocenters. The number of hydrogen-bond acceptors (Lipinski definition) is 4. The quantitative estimate of drug-likeness (QED) is 0.790. The molecule has 1 aromatic heterocycles. The number of nitrogens with two attached hydrogens (primary N) is 2. The lowest BCUT2D eigenvalue weighted by Crippen LogP contribution is -2.24. The molecule has 0 spiro atoms. The average molecular weight is 265 g/mol. The van der Waals surface area contributed by atoms with Crippen molar-refractivity contribution in [3.05, 3.63) is 17.2 Å². The average Bonchev–Trinajstić information content (AvgIpc) is 2.91. The lowest BCUT2D eigenvalue weighted by molar-refractivity contribution is 0.0959. The maximum Gasteiger partial charge on any atom is 0.269 e. The van der Waals surface area contributed by atoms with Crippen LogP contribution >= 0.6 is 0 Å². The van der Waals surface area contributed by atoms with Crippen molar-refractivity contribution in [1.82, 2.24) is 14.5 Å². The summed E-state index contributed by atoms with van der Waals surface area (Å²) in [4.78, 5) is 29.4. The highest BCUT2D eigenvalue weighted by Crippen LogP contribution is 2.31. The Labute approximate surface area is 111 Å². The second-order valence-corrected chi connectivity index (χ2v) is 4.78. The van der Waals surface area contributed by atoms with Gasteiger partial charge >= 0.3 is 0 Å². The third kappa shape index (κ3) is 2.21. The van der Waals surface area contributed by atoms with Gasteiger partial charge in [0.2, 0.25) is 0 Å². The standard InChI is InChI=1S/C12H19N5O2/c1-3-17-9(11(14)19)8(10(13)18)15-12(17)7-5-4-6-16(7)2/h7H,3-6H2,1-2H3,(H2,13,18)(H2,14,19). The van der Waals surface area contributed by atoms with Crippen LogP contribution in [0.3, 0.4) is 0 Å². The van der Waals surface area contributed by atoms with Crippen molar-refractivity contribution in [1.29, 1.82) is 0 Å². The molecule has 0 bridgehead atoms. The number of primary amides is 2. The van der Waals surface area contributed by atoms with E-state index in [0.29, 0.717) is 12.4 Å². The molecule has 0 aromatic carbocycles. The predicted octanol–water partition coefficient (Wildman–Crippen LogP) is -0.132. The Morgan fingerprint density at radius 3 is 2.47 bits per heavy atom. The zero-order valence-corrected chi connectivity index (χ0v) is 11.2. The van der Waals surface area contributed by atoms with E-state index in [9.17, 15) is 9.59 Å². The van der Waals surface area contributed by atoms with E-state index in [-0.39, 0.29) is 17.4 Å². The van der Waals surface area contributed by atoms with E-state index in [0.717, 1.165) is 19.4 Å². The molecule has 2 rings (SSSR count). The first kappa shape index (κ1) is 13.5. The van der Waals surface area contributed by atoms with Gasteiger partial charge in [-0.05, 0) is 33.4 Å². The molecule has 104 valence electrons. The van der Waals surface area contributed by atoms with Crippen LogP contribution in [0.5, 0.6) is 0 Å². The number of rotatable bonds is 4. The van der Waals surface area contributed by atoms with E-state index in [1.54, 1.807) is 4.57 Å². The molecule has 2 heterocycles. The van der Waals surface area contributed by atoms with Crippen molar-refractivity contribution < 1.29 is 9.59 Å². The van der Waals surface area contributed by atoms with Gasteiger partial charge in [0, 0.05) is 6.54 Å². The highest BCUT2D eigenvalue weighted by molar-refractivity contribution is 6.04. The summed E-state index contributed by atoms with van der Waals surface area (Å²) in [7, 11) is 2.00. The number of amides is 2. The van der Waals surface area contributed by atoms with Crippen molar-refractivity contribution in [2.45, 2.75) is 32.4 Å². The van der Waals surface area contributed by atoms with Gasteiger partial charge < -0.3 is 16.0 Å². The van der Waals surface area contributed by atoms with Crippen LogP contribution in [-0.2, 0) is 6.54 Å². The Morgan fingerprint density at radius 1 is 1.37 bits per heavy atom. The largest absolute Gasteiger partial charge is 0.364 e. The van der Waals surface area contributed by atoms with Crippen LogP contribution < -0.4 is 11.5 Å². The van der Waals surface area contributed by atoms with Gasteiger partial charge in [-0.2, -0.15) is 0 Å². The van der Waals surface area contributed by atoms with Crippen LogP contribution in [0.25, 0.3) is 0 Å². The highest BCUT2D eigenvalue weighted by atomic mass is 16.2. The van der Waals surface area contributed by atoms with Gasteiger partial charge in [-0.1, -0.05) is 0 Å². The van der Waals surface area contributed by atoms with Gasteiger partial charge in [-0.15, -0.1) is 0 Å². The zero-order valence-electron chi connectivity index (χ0n) is 11.2. The summed E-state index contributed by atoms with van der Waals surface area (Å²) in [5, 5.41) is 0. The maximum atomic E-state index is 11.6. The van der Waals surface area contributed by atoms with E-state index >= 15 is 0 Å². The summed E-state index contributed by atoms with van der Waals surface area (Å²) in [6.07, 6.45) is 2.01. The molecule has 0 saturated carbocycles. The fourth-order valence-corrected chi connectivity index (χ4v) is 2.70. The number of likely N-dealkylation sites (tertiary alicyclic amines) is 1. The lowest BCUT2D eigenvalue weighted by atomic mass is 10.2. The third-order valence-electron chi connectivity index (χ3n) is 3.60. The molecule has 7 nitrogen and oxygen atoms in total. The van der Waals surface area contributed by atoms with Gasteiger partial charge in [0.15, 0.2) is 5.69 Å². The topological polar surface area (TPSA) is 107 Å². The van der Waals surface area contributed by atoms with Crippen LogP contribution in [0.1, 0.15) is 52.6 Å². The second kappa shape index (κ2) is 5.00. The molecule has 1 atom stereocenters. The zero-order chi connectivity index (χ0) is 14.2. The maximum absolute atomic E-state index is 11.6. The first-order valence-corrected chi connectivity index (χ1v) is 6.37. The first-order chi connectivity index (χ1) is 8.97. The molecule has 0 aliphatic carbocycles. The van der Waals surface area contributed by atoms with Gasteiger partial charge in [0.05, 0.1) is 6.04 Å². The second-order valence-electron chi connectivity index (χ2n) is 4.78. The minimum Gasteiger partial charge on any atom is -0.364 e. The van der Waals surface area contributed by atoms with E-state index in [4.69, 9.17) is 11.5 Å². The Balaban J connectivity index is 2.58. The number of hydrogen-bond donors (Lipinski definition) is 2. The number of nitrogens with zero attached hydrogens (tertiary/aromatic N) is 3. The summed E-state index contributed by atoms with van der Waals surface area (Å²) in [5.41, 5.74) is 10.7. The molecular weight excluding hydrogens is 246 g/mol. The van der Waals surface area contributed by atoms with Crippen LogP contribution in [-0.4, -0.2) is 39.9 Å². The molecule has 19 heavy (non-hydrogen) atoms. The summed E-state index contributed by atoms with van der Waals surface area (Å²) in [5.74, 6) is -0.692. The predicted molar refractivity (Wildman–Crippen MR) is 69.5 cm³/mol. The van der Waals surface area contributed by atoms with E-state index in [1.807, 2.05) is 14.0 Å². The lowest BCUT2D eigenvalue weighted by Gasteiger charge is -2.20. The van der Waals surface area contributed by atoms with Gasteiger partial charge in [0.1, 0.15) is 11.5 Å². The van der Waals surface area contributed by atoms with Crippen molar-refractivity contribution in [3.8, 4) is 0 Å². The van der Waals surface area contributed by atoms with Crippen LogP contribution in [0.15, 0.2) is 0 Å². The molecule has 1 fully saturated rings. The van der Waals surface area contributed by atoms with Gasteiger partial charge in [-0.25, -0.2) is 4.98 Å². The van der Waals surface area contributed by atoms with Crippen LogP contribution in [0.4, 0.5) is 0 Å². The van der Waals surface area contributed by atoms with E-state index < -0.39 is 11.8 Å². The van der Waals surface area contributed by atoms with Crippen LogP contribution in [0, 0.1) is 0 Å². The van der Waals surface area contributed by atoms with Crippen molar-refractivity contribution >= 4 is 11.8 Å². The minimum absolute atomic E-state index is 0.0235. The van der Waals surface area contributed by atoms with Crippen molar-refractivity contribution in [2.24, 2.45) is 11.5 Å². The minimum atomic E-state index is -0.720. The number of aromatic nitrogens is 2. The van der Waals surface area contributed by atoms with Crippen molar-refractivity contribution in [3.63, 3.8) is 0 Å². The molecule has 2 amide bonds. The number of carbonyl (C=O) groups excluding carboxylic acids is 2. The first-order valence-electron chi connectivity index (χ1n) is 6.37. The Hall–Kier alpha value is -1.89. The Kier molecular flexibility index (Phi) is 3.57. The number of carbonyl (C=O) groups is 2. The molecular formula is C12H19N5O2. The fourth-order valence-electron chi connectivity index (χ4n) is 2.70. The van der Waals surface area contributed by atoms with E-state index in [1.165, 1.54) is 0 Å². The summed E-state index contributed by atoms with van der Waals surface area (Å²) >= 11 is 0. The van der Waals surface area contributed by atoms with Gasteiger partial charge in [0.25, 0.3) is 11.8 Å². The normalized spacial score (nSPS) is 19.8. The number of imidazole rings is 1. The van der Waals surface area contributed by atoms with Gasteiger partial charge in [-0.3, -0.25) is 14.5 Å². The molecule has 1 aliphatic rings. The molecule has 7 heteroatoms. The SMILES string of the molecule is CCn1c(C2CCCN2C)nc(C(N)=O)c1C(N)=O. The Bertz CT molecular complexity index is 522. The van der Waals surface area contributed by atoms with E-state index in [2.05, 4.69) is 9.88 Å². The summed E-state index contributed by atoms with van der Waals surface area (Å²) < 4.78 is 1.70. The highest BCUT2D eigenvalue weighted by Gasteiger charge is 2.31. The fraction of sp³-hybridized carbons (Fsp3) is 0.583. The summed E-state index contributed by atoms with van der Waals surface area (Å²) in [6, 6.07) is 0.103. The molecule has 1 saturated heterocycles. The third-order valence-corrected chi connectivity index (χ3v) is 3.60. The molecule has 1 aliphatic heterocycles. The monoisotopic (exact) mass is 265 g/mol.